The fraction of sp³-hybridized carbons (Fsp3) is 0.300. The van der Waals surface area contributed by atoms with E-state index in [-0.39, 0.29) is 0 Å². The van der Waals surface area contributed by atoms with Gasteiger partial charge in [0.05, 0.1) is 36.7 Å². The number of hydrogen-bond donors (Lipinski definition) is 3. The Morgan fingerprint density at radius 1 is 0.500 bits per heavy atom. The second-order valence-corrected chi connectivity index (χ2v) is 8.72. The summed E-state index contributed by atoms with van der Waals surface area (Å²) >= 11 is 0. The summed E-state index contributed by atoms with van der Waals surface area (Å²) in [6, 6.07) is 12.1. The van der Waals surface area contributed by atoms with Crippen LogP contribution < -0.4 is 0 Å². The Hall–Kier alpha value is -3.93. The summed E-state index contributed by atoms with van der Waals surface area (Å²) in [6.45, 7) is 8.68. The first-order chi connectivity index (χ1) is 17.7. The van der Waals surface area contributed by atoms with Gasteiger partial charge in [-0.15, -0.1) is 0 Å². The van der Waals surface area contributed by atoms with Gasteiger partial charge in [-0.2, -0.15) is 0 Å². The van der Waals surface area contributed by atoms with Crippen molar-refractivity contribution in [3.63, 3.8) is 0 Å². The molecule has 1 aromatic carbocycles. The van der Waals surface area contributed by atoms with Crippen molar-refractivity contribution in [3.05, 3.63) is 105 Å². The Labute approximate surface area is 213 Å². The van der Waals surface area contributed by atoms with Crippen molar-refractivity contribution in [2.24, 2.45) is 15.0 Å². The third-order valence-corrected chi connectivity index (χ3v) is 6.55. The minimum atomic E-state index is 0.649. The van der Waals surface area contributed by atoms with E-state index in [1.54, 1.807) is 0 Å². The fourth-order valence-electron chi connectivity index (χ4n) is 4.93. The summed E-state index contributed by atoms with van der Waals surface area (Å²) < 4.78 is 0. The summed E-state index contributed by atoms with van der Waals surface area (Å²) in [7, 11) is 0. The molecule has 6 nitrogen and oxygen atoms in total. The Kier molecular flexibility index (Phi) is 8.87. The lowest BCUT2D eigenvalue weighted by Crippen LogP contribution is -2.12. The van der Waals surface area contributed by atoms with Gasteiger partial charge in [0.25, 0.3) is 0 Å². The topological polar surface area (TPSA) is 84.4 Å². The Morgan fingerprint density at radius 3 is 1.03 bits per heavy atom. The molecular weight excluding hydrogens is 444 g/mol. The monoisotopic (exact) mass is 480 g/mol. The molecule has 0 radical (unpaired) electrons. The maximum absolute atomic E-state index is 4.84. The lowest BCUT2D eigenvalue weighted by molar-refractivity contribution is 0.856. The van der Waals surface area contributed by atoms with Crippen LogP contribution in [-0.4, -0.2) is 33.6 Å². The molecule has 36 heavy (non-hydrogen) atoms. The van der Waals surface area contributed by atoms with Gasteiger partial charge in [0.1, 0.15) is 0 Å². The molecule has 0 saturated heterocycles. The molecule has 0 aliphatic carbocycles. The summed E-state index contributed by atoms with van der Waals surface area (Å²) in [5.41, 5.74) is 11.2. The molecule has 4 aromatic rings. The summed E-state index contributed by atoms with van der Waals surface area (Å²) in [5, 5.41) is 0. The Balaban J connectivity index is 1.77. The molecule has 4 rings (SSSR count). The highest BCUT2D eigenvalue weighted by Gasteiger charge is 2.20. The van der Waals surface area contributed by atoms with Crippen LogP contribution in [0.5, 0.6) is 0 Å². The van der Waals surface area contributed by atoms with Crippen molar-refractivity contribution in [2.75, 3.05) is 0 Å². The van der Waals surface area contributed by atoms with Crippen LogP contribution in [0.1, 0.15) is 71.2 Å². The molecule has 3 N–H and O–H groups in total. The number of nitrogens with zero attached hydrogens (tertiary/aromatic N) is 3. The average Bonchev–Trinajstić information content (AvgIpc) is 3.68. The van der Waals surface area contributed by atoms with Crippen LogP contribution in [0.25, 0.3) is 0 Å². The maximum Gasteiger partial charge on any atom is 0.0646 e. The normalized spacial score (nSPS) is 12.1. The van der Waals surface area contributed by atoms with Crippen molar-refractivity contribution in [1.82, 2.24) is 15.0 Å². The SMILES string of the molecule is CCc1c(CN=Cc2ccc[nH]2)c(CC)c(CN=Cc2ccc[nH]2)c(CC)c1CN=Cc1ccc[nH]1. The van der Waals surface area contributed by atoms with Gasteiger partial charge in [0.15, 0.2) is 0 Å². The number of aromatic nitrogens is 3. The first kappa shape index (κ1) is 25.2. The van der Waals surface area contributed by atoms with Crippen LogP contribution >= 0.6 is 0 Å². The van der Waals surface area contributed by atoms with Crippen molar-refractivity contribution in [3.8, 4) is 0 Å². The van der Waals surface area contributed by atoms with E-state index in [4.69, 9.17) is 15.0 Å². The van der Waals surface area contributed by atoms with Crippen molar-refractivity contribution in [1.29, 1.82) is 0 Å². The second-order valence-electron chi connectivity index (χ2n) is 8.72. The van der Waals surface area contributed by atoms with Crippen LogP contribution in [0.2, 0.25) is 0 Å². The minimum Gasteiger partial charge on any atom is -0.360 e. The molecule has 3 aromatic heterocycles. The van der Waals surface area contributed by atoms with Gasteiger partial charge in [-0.05, 0) is 89.0 Å². The molecule has 0 unspecified atom stereocenters. The molecule has 6 heteroatoms. The zero-order chi connectivity index (χ0) is 25.2. The van der Waals surface area contributed by atoms with Gasteiger partial charge >= 0.3 is 0 Å². The molecule has 0 aliphatic heterocycles. The highest BCUT2D eigenvalue weighted by Crippen LogP contribution is 2.32. The van der Waals surface area contributed by atoms with Gasteiger partial charge in [0, 0.05) is 37.2 Å². The molecule has 0 amide bonds. The fourth-order valence-corrected chi connectivity index (χ4v) is 4.93. The van der Waals surface area contributed by atoms with Gasteiger partial charge in [0.2, 0.25) is 0 Å². The highest BCUT2D eigenvalue weighted by molar-refractivity contribution is 5.78. The number of hydrogen-bond acceptors (Lipinski definition) is 3. The molecule has 0 saturated carbocycles. The molecular formula is C30H36N6. The highest BCUT2D eigenvalue weighted by atomic mass is 14.8. The van der Waals surface area contributed by atoms with Crippen molar-refractivity contribution >= 4 is 18.6 Å². The Morgan fingerprint density at radius 2 is 0.806 bits per heavy atom. The molecule has 186 valence electrons. The first-order valence-electron chi connectivity index (χ1n) is 12.8. The van der Waals surface area contributed by atoms with Crippen molar-refractivity contribution < 1.29 is 0 Å². The first-order valence-corrected chi connectivity index (χ1v) is 12.8. The molecule has 0 aliphatic rings. The van der Waals surface area contributed by atoms with E-state index in [1.807, 2.05) is 73.6 Å². The van der Waals surface area contributed by atoms with Crippen LogP contribution in [0.15, 0.2) is 70.0 Å². The van der Waals surface area contributed by atoms with Gasteiger partial charge in [-0.3, -0.25) is 15.0 Å². The Bertz CT molecular complexity index is 1110. The predicted octanol–water partition coefficient (Wildman–Crippen LogP) is 6.22. The van der Waals surface area contributed by atoms with Crippen molar-refractivity contribution in [2.45, 2.75) is 59.7 Å². The largest absolute Gasteiger partial charge is 0.360 e. The van der Waals surface area contributed by atoms with E-state index in [0.717, 1.165) is 36.3 Å². The third kappa shape index (κ3) is 6.00. The van der Waals surface area contributed by atoms with E-state index in [0.29, 0.717) is 19.6 Å². The number of aliphatic imine (C=N–C) groups is 3. The quantitative estimate of drug-likeness (QED) is 0.201. The number of benzene rings is 1. The number of rotatable bonds is 12. The lowest BCUT2D eigenvalue weighted by Gasteiger charge is -2.24. The smallest absolute Gasteiger partial charge is 0.0646 e. The van der Waals surface area contributed by atoms with E-state index < -0.39 is 0 Å². The standard InChI is InChI=1S/C30H36N6/c1-4-25-28(19-31-16-22-10-7-13-34-22)26(5-2)30(21-33-18-24-12-9-15-36-24)27(6-3)29(25)20-32-17-23-11-8-14-35-23/h7-18,34-36H,4-6,19-21H2,1-3H3. The summed E-state index contributed by atoms with van der Waals surface area (Å²) in [5.74, 6) is 0. The van der Waals surface area contributed by atoms with E-state index >= 15 is 0 Å². The van der Waals surface area contributed by atoms with E-state index in [1.165, 1.54) is 33.4 Å². The third-order valence-electron chi connectivity index (χ3n) is 6.55. The van der Waals surface area contributed by atoms with Gasteiger partial charge < -0.3 is 15.0 Å². The number of aromatic amines is 3. The number of H-pyrrole nitrogens is 3. The summed E-state index contributed by atoms with van der Waals surface area (Å²) in [6.07, 6.45) is 14.4. The van der Waals surface area contributed by atoms with E-state index in [9.17, 15) is 0 Å². The zero-order valence-corrected chi connectivity index (χ0v) is 21.5. The second kappa shape index (κ2) is 12.7. The lowest BCUT2D eigenvalue weighted by atomic mass is 9.83. The summed E-state index contributed by atoms with van der Waals surface area (Å²) in [4.78, 5) is 24.1. The maximum atomic E-state index is 4.84. The van der Waals surface area contributed by atoms with Crippen LogP contribution in [0.3, 0.4) is 0 Å². The average molecular weight is 481 g/mol. The van der Waals surface area contributed by atoms with Crippen LogP contribution in [0, 0.1) is 0 Å². The van der Waals surface area contributed by atoms with Crippen LogP contribution in [0.4, 0.5) is 0 Å². The molecule has 0 bridgehead atoms. The molecule has 0 spiro atoms. The number of nitrogens with one attached hydrogen (secondary N) is 3. The molecule has 3 heterocycles. The van der Waals surface area contributed by atoms with E-state index in [2.05, 4.69) is 35.7 Å². The zero-order valence-electron chi connectivity index (χ0n) is 21.5. The molecule has 0 fully saturated rings. The van der Waals surface area contributed by atoms with Gasteiger partial charge in [-0.25, -0.2) is 0 Å². The minimum absolute atomic E-state index is 0.649. The molecule has 0 atom stereocenters. The predicted molar refractivity (Wildman–Crippen MR) is 151 cm³/mol. The van der Waals surface area contributed by atoms with Gasteiger partial charge in [-0.1, -0.05) is 20.8 Å². The van der Waals surface area contributed by atoms with Crippen LogP contribution in [-0.2, 0) is 38.9 Å².